The molecular weight excluding hydrogens is 298 g/mol. The van der Waals surface area contributed by atoms with Gasteiger partial charge in [0.25, 0.3) is 16.4 Å². The Labute approximate surface area is 112 Å². The van der Waals surface area contributed by atoms with Gasteiger partial charge in [-0.1, -0.05) is 0 Å². The fourth-order valence-electron chi connectivity index (χ4n) is 1.61. The summed E-state index contributed by atoms with van der Waals surface area (Å²) in [5.74, 6) is 0.146. The number of hydrogen-bond donors (Lipinski definition) is 1. The minimum absolute atomic E-state index is 0.130. The average molecular weight is 310 g/mol. The van der Waals surface area contributed by atoms with Crippen molar-refractivity contribution in [2.45, 2.75) is 11.5 Å². The number of nitrogens with one attached hydrogen (secondary N) is 1. The molecule has 1 N–H and O–H groups in total. The lowest BCUT2D eigenvalue weighted by molar-refractivity contribution is 0.126. The van der Waals surface area contributed by atoms with Gasteiger partial charge in [0.15, 0.2) is 15.8 Å². The summed E-state index contributed by atoms with van der Waals surface area (Å²) in [5, 5.41) is 4.21. The Bertz CT molecular complexity index is 680. The molecule has 0 aliphatic rings. The Morgan fingerprint density at radius 2 is 2.26 bits per heavy atom. The summed E-state index contributed by atoms with van der Waals surface area (Å²) in [6, 6.07) is 0. The molecule has 0 amide bonds. The van der Waals surface area contributed by atoms with E-state index in [9.17, 15) is 17.2 Å². The molecule has 0 spiro atoms. The minimum atomic E-state index is -4.03. The topological polar surface area (TPSA) is 66.7 Å². The number of halogens is 2. The zero-order valence-corrected chi connectivity index (χ0v) is 11.8. The number of alkyl halides is 2. The molecule has 19 heavy (non-hydrogen) atoms. The highest BCUT2D eigenvalue weighted by molar-refractivity contribution is 7.89. The van der Waals surface area contributed by atoms with Crippen LogP contribution in [0.1, 0.15) is 0 Å². The van der Waals surface area contributed by atoms with Gasteiger partial charge in [0.05, 0.1) is 6.54 Å². The van der Waals surface area contributed by atoms with Gasteiger partial charge in [-0.3, -0.25) is 4.40 Å². The van der Waals surface area contributed by atoms with E-state index in [0.29, 0.717) is 9.27 Å². The molecular formula is C9H12F2N4O2S2. The number of aromatic nitrogens is 2. The van der Waals surface area contributed by atoms with E-state index in [4.69, 9.17) is 0 Å². The van der Waals surface area contributed by atoms with Gasteiger partial charge < -0.3 is 5.32 Å². The second-order valence-corrected chi connectivity index (χ2v) is 6.58. The molecule has 2 aromatic rings. The van der Waals surface area contributed by atoms with Crippen molar-refractivity contribution in [3.63, 3.8) is 0 Å². The first kappa shape index (κ1) is 14.2. The smallest absolute Gasteiger partial charge is 0.262 e. The standard InChI is InChI=1S/C9H12F2N4O2S2/c1-12-7-8(15-3-4-18-9(15)13-7)19(16,17)14(2)5-6(10)11/h3-4,6,12H,5H2,1-2H3. The zero-order valence-electron chi connectivity index (χ0n) is 10.2. The number of sulfonamides is 1. The zero-order chi connectivity index (χ0) is 14.2. The first-order chi connectivity index (χ1) is 8.87. The van der Waals surface area contributed by atoms with Crippen LogP contribution in [0, 0.1) is 0 Å². The van der Waals surface area contributed by atoms with Crippen LogP contribution in [0.3, 0.4) is 0 Å². The average Bonchev–Trinajstić information content (AvgIpc) is 2.85. The lowest BCUT2D eigenvalue weighted by Crippen LogP contribution is -2.32. The number of thiazole rings is 1. The van der Waals surface area contributed by atoms with Crippen molar-refractivity contribution in [3.8, 4) is 0 Å². The first-order valence-electron chi connectivity index (χ1n) is 5.25. The van der Waals surface area contributed by atoms with Gasteiger partial charge in [-0.15, -0.1) is 11.3 Å². The van der Waals surface area contributed by atoms with Crippen molar-refractivity contribution >= 4 is 32.1 Å². The van der Waals surface area contributed by atoms with Crippen molar-refractivity contribution in [1.82, 2.24) is 13.7 Å². The van der Waals surface area contributed by atoms with Crippen LogP contribution in [0.15, 0.2) is 16.6 Å². The molecule has 0 aliphatic heterocycles. The number of nitrogens with zero attached hydrogens (tertiary/aromatic N) is 3. The molecule has 0 bridgehead atoms. The third kappa shape index (κ3) is 2.42. The lowest BCUT2D eigenvalue weighted by atomic mass is 10.7. The minimum Gasteiger partial charge on any atom is -0.371 e. The van der Waals surface area contributed by atoms with Gasteiger partial charge in [-0.2, -0.15) is 4.31 Å². The quantitative estimate of drug-likeness (QED) is 0.904. The number of anilines is 1. The van der Waals surface area contributed by atoms with Gasteiger partial charge in [-0.05, 0) is 0 Å². The van der Waals surface area contributed by atoms with Crippen LogP contribution in [0.5, 0.6) is 0 Å². The van der Waals surface area contributed by atoms with E-state index in [2.05, 4.69) is 10.3 Å². The van der Waals surface area contributed by atoms with E-state index in [0.717, 1.165) is 7.05 Å². The number of hydrogen-bond acceptors (Lipinski definition) is 5. The normalized spacial score (nSPS) is 12.7. The van der Waals surface area contributed by atoms with Crippen LogP contribution < -0.4 is 5.32 Å². The molecule has 0 unspecified atom stereocenters. The molecule has 0 atom stereocenters. The lowest BCUT2D eigenvalue weighted by Gasteiger charge is -2.16. The largest absolute Gasteiger partial charge is 0.371 e. The molecule has 2 heterocycles. The van der Waals surface area contributed by atoms with Crippen LogP contribution in [-0.4, -0.2) is 49.2 Å². The molecule has 10 heteroatoms. The molecule has 0 saturated heterocycles. The van der Waals surface area contributed by atoms with Crippen molar-refractivity contribution < 1.29 is 17.2 Å². The SMILES string of the molecule is CNc1nc2sccn2c1S(=O)(=O)N(C)CC(F)F. The molecule has 0 radical (unpaired) electrons. The van der Waals surface area contributed by atoms with Crippen LogP contribution in [0.2, 0.25) is 0 Å². The molecule has 2 rings (SSSR count). The number of rotatable bonds is 5. The maximum absolute atomic E-state index is 12.4. The fourth-order valence-corrected chi connectivity index (χ4v) is 3.78. The molecule has 0 saturated carbocycles. The van der Waals surface area contributed by atoms with E-state index < -0.39 is 23.0 Å². The van der Waals surface area contributed by atoms with E-state index >= 15 is 0 Å². The van der Waals surface area contributed by atoms with Gasteiger partial charge in [0.2, 0.25) is 0 Å². The maximum Gasteiger partial charge on any atom is 0.262 e. The second-order valence-electron chi connectivity index (χ2n) is 3.75. The molecule has 0 fully saturated rings. The third-order valence-electron chi connectivity index (χ3n) is 2.50. The van der Waals surface area contributed by atoms with Gasteiger partial charge >= 0.3 is 0 Å². The summed E-state index contributed by atoms with van der Waals surface area (Å²) in [6.07, 6.45) is -1.19. The van der Waals surface area contributed by atoms with Crippen molar-refractivity contribution in [2.75, 3.05) is 26.0 Å². The Hall–Kier alpha value is -1.26. The van der Waals surface area contributed by atoms with E-state index in [1.807, 2.05) is 0 Å². The molecule has 0 aliphatic carbocycles. The second kappa shape index (κ2) is 5.02. The van der Waals surface area contributed by atoms with Gasteiger partial charge in [0, 0.05) is 25.7 Å². The number of fused-ring (bicyclic) bond motifs is 1. The maximum atomic E-state index is 12.4. The first-order valence-corrected chi connectivity index (χ1v) is 7.57. The summed E-state index contributed by atoms with van der Waals surface area (Å²) < 4.78 is 51.3. The summed E-state index contributed by atoms with van der Waals surface area (Å²) in [4.78, 5) is 4.58. The summed E-state index contributed by atoms with van der Waals surface area (Å²) in [6.45, 7) is -0.858. The highest BCUT2D eigenvalue weighted by atomic mass is 32.2. The Morgan fingerprint density at radius 3 is 2.84 bits per heavy atom. The molecule has 2 aromatic heterocycles. The van der Waals surface area contributed by atoms with Gasteiger partial charge in [0.1, 0.15) is 0 Å². The highest BCUT2D eigenvalue weighted by Crippen LogP contribution is 2.27. The Kier molecular flexibility index (Phi) is 3.74. The molecule has 106 valence electrons. The Morgan fingerprint density at radius 1 is 1.58 bits per heavy atom. The van der Waals surface area contributed by atoms with E-state index in [1.54, 1.807) is 5.38 Å². The Balaban J connectivity index is 2.55. The summed E-state index contributed by atoms with van der Waals surface area (Å²) in [5.41, 5.74) is 0. The van der Waals surface area contributed by atoms with E-state index in [1.165, 1.54) is 29.0 Å². The van der Waals surface area contributed by atoms with Crippen molar-refractivity contribution in [2.24, 2.45) is 0 Å². The van der Waals surface area contributed by atoms with Crippen LogP contribution in [0.4, 0.5) is 14.6 Å². The van der Waals surface area contributed by atoms with Crippen molar-refractivity contribution in [3.05, 3.63) is 11.6 Å². The number of imidazole rings is 1. The molecule has 6 nitrogen and oxygen atoms in total. The van der Waals surface area contributed by atoms with Crippen LogP contribution in [0.25, 0.3) is 4.96 Å². The van der Waals surface area contributed by atoms with E-state index in [-0.39, 0.29) is 10.8 Å². The van der Waals surface area contributed by atoms with Crippen LogP contribution in [-0.2, 0) is 10.0 Å². The van der Waals surface area contributed by atoms with Crippen molar-refractivity contribution in [1.29, 1.82) is 0 Å². The van der Waals surface area contributed by atoms with Gasteiger partial charge in [-0.25, -0.2) is 22.2 Å². The van der Waals surface area contributed by atoms with Crippen LogP contribution >= 0.6 is 11.3 Å². The monoisotopic (exact) mass is 310 g/mol. The third-order valence-corrected chi connectivity index (χ3v) is 5.11. The molecule has 0 aromatic carbocycles. The predicted molar refractivity (Wildman–Crippen MR) is 68.4 cm³/mol. The summed E-state index contributed by atoms with van der Waals surface area (Å²) in [7, 11) is -1.39. The fraction of sp³-hybridized carbons (Fsp3) is 0.444. The highest BCUT2D eigenvalue weighted by Gasteiger charge is 2.30. The predicted octanol–water partition coefficient (Wildman–Crippen LogP) is 1.32. The summed E-state index contributed by atoms with van der Waals surface area (Å²) >= 11 is 1.26.